The topological polar surface area (TPSA) is 46.5 Å². The standard InChI is InChI=1S/C8H10O2.H6OSi2/c9-8(10)7-4-5-1-2-6(7)3-5;2-1-3/h4-6H,1-3H2,(H,9,10);2-3H3. The molecule has 0 heterocycles. The maximum absolute atomic E-state index is 10.5. The lowest BCUT2D eigenvalue weighted by Gasteiger charge is -2.06. The fraction of sp³-hybridized carbons (Fsp3) is 0.625. The lowest BCUT2D eigenvalue weighted by Crippen LogP contribution is -2.07. The van der Waals surface area contributed by atoms with Gasteiger partial charge in [-0.15, -0.1) is 0 Å². The summed E-state index contributed by atoms with van der Waals surface area (Å²) in [7, 11) is 1.86. The molecule has 2 rings (SSSR count). The lowest BCUT2D eigenvalue weighted by atomic mass is 9.99. The normalized spacial score (nSPS) is 29.7. The molecule has 0 aromatic carbocycles. The van der Waals surface area contributed by atoms with E-state index in [9.17, 15) is 4.79 Å². The Morgan fingerprint density at radius 2 is 2.15 bits per heavy atom. The Labute approximate surface area is 84.3 Å². The van der Waals surface area contributed by atoms with Crippen LogP contribution >= 0.6 is 0 Å². The monoisotopic (exact) mass is 216 g/mol. The summed E-state index contributed by atoms with van der Waals surface area (Å²) < 4.78 is 4.53. The number of carboxylic acid groups (broad SMARTS) is 1. The molecule has 74 valence electrons. The predicted octanol–water partition coefficient (Wildman–Crippen LogP) is -1.01. The zero-order valence-corrected chi connectivity index (χ0v) is 12.1. The average molecular weight is 216 g/mol. The number of carbonyl (C=O) groups is 1. The van der Waals surface area contributed by atoms with Crippen LogP contribution < -0.4 is 0 Å². The SMILES string of the molecule is O=C(O)C1=CC2CCC1C2.[SiH3]O[SiH3]. The van der Waals surface area contributed by atoms with Gasteiger partial charge in [0.15, 0.2) is 0 Å². The van der Waals surface area contributed by atoms with Crippen LogP contribution in [0.4, 0.5) is 0 Å². The third-order valence-electron chi connectivity index (χ3n) is 2.58. The van der Waals surface area contributed by atoms with Crippen LogP contribution in [-0.4, -0.2) is 32.0 Å². The van der Waals surface area contributed by atoms with Crippen LogP contribution in [0.5, 0.6) is 0 Å². The first-order valence-corrected chi connectivity index (χ1v) is 6.17. The predicted molar refractivity (Wildman–Crippen MR) is 57.5 cm³/mol. The Hall–Kier alpha value is -0.396. The van der Waals surface area contributed by atoms with Crippen LogP contribution in [0, 0.1) is 11.8 Å². The average Bonchev–Trinajstić information content (AvgIpc) is 2.64. The quantitative estimate of drug-likeness (QED) is 0.572. The minimum absolute atomic E-state index is 0.391. The highest BCUT2D eigenvalue weighted by Crippen LogP contribution is 2.43. The van der Waals surface area contributed by atoms with Gasteiger partial charge >= 0.3 is 5.97 Å². The summed E-state index contributed by atoms with van der Waals surface area (Å²) in [6.45, 7) is 0. The van der Waals surface area contributed by atoms with Gasteiger partial charge in [-0.25, -0.2) is 4.79 Å². The molecule has 2 bridgehead atoms. The molecule has 5 heteroatoms. The summed E-state index contributed by atoms with van der Waals surface area (Å²) in [4.78, 5) is 10.5. The Bertz CT molecular complexity index is 227. The van der Waals surface area contributed by atoms with E-state index in [4.69, 9.17) is 5.11 Å². The van der Waals surface area contributed by atoms with E-state index >= 15 is 0 Å². The highest BCUT2D eigenvalue weighted by Gasteiger charge is 2.35. The Kier molecular flexibility index (Phi) is 3.89. The molecule has 2 aliphatic carbocycles. The smallest absolute Gasteiger partial charge is 0.331 e. The molecule has 0 amide bonds. The van der Waals surface area contributed by atoms with Crippen LogP contribution in [0.2, 0.25) is 0 Å². The Balaban J connectivity index is 0.000000251. The second-order valence-electron chi connectivity index (χ2n) is 3.61. The Morgan fingerprint density at radius 1 is 1.54 bits per heavy atom. The number of carboxylic acids is 1. The zero-order valence-electron chi connectivity index (χ0n) is 8.12. The molecule has 0 spiro atoms. The molecule has 0 radical (unpaired) electrons. The minimum Gasteiger partial charge on any atom is -0.478 e. The van der Waals surface area contributed by atoms with Crippen LogP contribution in [0.3, 0.4) is 0 Å². The van der Waals surface area contributed by atoms with Crippen molar-refractivity contribution in [1.29, 1.82) is 0 Å². The van der Waals surface area contributed by atoms with Crippen molar-refractivity contribution in [3.63, 3.8) is 0 Å². The van der Waals surface area contributed by atoms with Crippen LogP contribution in [0.1, 0.15) is 19.3 Å². The van der Waals surface area contributed by atoms with Crippen molar-refractivity contribution in [2.24, 2.45) is 11.8 Å². The summed E-state index contributed by atoms with van der Waals surface area (Å²) in [5.74, 6) is 0.283. The molecular weight excluding hydrogens is 200 g/mol. The van der Waals surface area contributed by atoms with Crippen molar-refractivity contribution in [3.8, 4) is 0 Å². The van der Waals surface area contributed by atoms with Gasteiger partial charge in [0.25, 0.3) is 0 Å². The summed E-state index contributed by atoms with van der Waals surface area (Å²) in [6, 6.07) is 0. The van der Waals surface area contributed by atoms with Crippen molar-refractivity contribution < 1.29 is 14.0 Å². The fourth-order valence-electron chi connectivity index (χ4n) is 2.09. The third-order valence-corrected chi connectivity index (χ3v) is 2.58. The van der Waals surface area contributed by atoms with E-state index in [0.717, 1.165) is 33.8 Å². The van der Waals surface area contributed by atoms with E-state index in [1.165, 1.54) is 6.42 Å². The van der Waals surface area contributed by atoms with E-state index in [1.807, 2.05) is 6.08 Å². The number of hydrogen-bond donors (Lipinski definition) is 1. The van der Waals surface area contributed by atoms with Gasteiger partial charge in [0.2, 0.25) is 0 Å². The van der Waals surface area contributed by atoms with Crippen LogP contribution in [-0.2, 0) is 8.91 Å². The summed E-state index contributed by atoms with van der Waals surface area (Å²) in [5.41, 5.74) is 0.677. The maximum atomic E-state index is 10.5. The first kappa shape index (κ1) is 10.7. The van der Waals surface area contributed by atoms with Gasteiger partial charge in [0.05, 0.1) is 0 Å². The van der Waals surface area contributed by atoms with Crippen molar-refractivity contribution in [2.75, 3.05) is 0 Å². The van der Waals surface area contributed by atoms with E-state index in [-0.39, 0.29) is 0 Å². The summed E-state index contributed by atoms with van der Waals surface area (Å²) in [5, 5.41) is 8.67. The molecule has 1 fully saturated rings. The molecule has 1 saturated carbocycles. The third kappa shape index (κ3) is 2.52. The van der Waals surface area contributed by atoms with E-state index in [0.29, 0.717) is 17.4 Å². The van der Waals surface area contributed by atoms with E-state index in [2.05, 4.69) is 4.12 Å². The maximum Gasteiger partial charge on any atom is 0.331 e. The lowest BCUT2D eigenvalue weighted by molar-refractivity contribution is -0.133. The minimum atomic E-state index is -0.702. The zero-order chi connectivity index (χ0) is 9.84. The van der Waals surface area contributed by atoms with Crippen LogP contribution in [0.15, 0.2) is 11.6 Å². The van der Waals surface area contributed by atoms with Gasteiger partial charge in [0.1, 0.15) is 21.0 Å². The summed E-state index contributed by atoms with van der Waals surface area (Å²) >= 11 is 0. The summed E-state index contributed by atoms with van der Waals surface area (Å²) in [6.07, 6.45) is 5.35. The molecular formula is C8H16O3Si2. The number of aliphatic carboxylic acids is 1. The molecule has 0 aromatic heterocycles. The molecule has 13 heavy (non-hydrogen) atoms. The van der Waals surface area contributed by atoms with Crippen molar-refractivity contribution in [1.82, 2.24) is 0 Å². The molecule has 0 aliphatic heterocycles. The molecule has 2 unspecified atom stereocenters. The van der Waals surface area contributed by atoms with Crippen molar-refractivity contribution >= 4 is 26.9 Å². The van der Waals surface area contributed by atoms with Crippen molar-refractivity contribution in [3.05, 3.63) is 11.6 Å². The number of hydrogen-bond acceptors (Lipinski definition) is 2. The molecule has 2 atom stereocenters. The van der Waals surface area contributed by atoms with Gasteiger partial charge in [0, 0.05) is 5.57 Å². The van der Waals surface area contributed by atoms with Gasteiger partial charge < -0.3 is 9.22 Å². The fourth-order valence-corrected chi connectivity index (χ4v) is 2.09. The Morgan fingerprint density at radius 3 is 2.38 bits per heavy atom. The van der Waals surface area contributed by atoms with E-state index in [1.54, 1.807) is 0 Å². The number of fused-ring (bicyclic) bond motifs is 2. The molecule has 0 saturated heterocycles. The largest absolute Gasteiger partial charge is 0.478 e. The van der Waals surface area contributed by atoms with Gasteiger partial charge in [-0.05, 0) is 31.1 Å². The van der Waals surface area contributed by atoms with Crippen molar-refractivity contribution in [2.45, 2.75) is 19.3 Å². The highest BCUT2D eigenvalue weighted by atomic mass is 28.3. The first-order valence-electron chi connectivity index (χ1n) is 4.54. The van der Waals surface area contributed by atoms with Gasteiger partial charge in [-0.1, -0.05) is 6.08 Å². The van der Waals surface area contributed by atoms with E-state index < -0.39 is 5.97 Å². The number of allylic oxidation sites excluding steroid dienone is 1. The molecule has 2 aliphatic rings. The second-order valence-corrected chi connectivity index (χ2v) is 6.87. The number of rotatable bonds is 1. The van der Waals surface area contributed by atoms with Gasteiger partial charge in [-0.3, -0.25) is 0 Å². The molecule has 3 nitrogen and oxygen atoms in total. The van der Waals surface area contributed by atoms with Gasteiger partial charge in [-0.2, -0.15) is 0 Å². The molecule has 1 N–H and O–H groups in total. The first-order chi connectivity index (χ1) is 6.19. The second kappa shape index (κ2) is 4.73. The van der Waals surface area contributed by atoms with Crippen LogP contribution in [0.25, 0.3) is 0 Å². The highest BCUT2D eigenvalue weighted by molar-refractivity contribution is 6.15. The molecule has 0 aromatic rings.